The third-order valence-corrected chi connectivity index (χ3v) is 10.3. The first-order valence-electron chi connectivity index (χ1n) is 17.1. The number of aryl methyl sites for hydroxylation is 1. The zero-order chi connectivity index (χ0) is 34.5. The summed E-state index contributed by atoms with van der Waals surface area (Å²) in [4.78, 5) is 37.4. The van der Waals surface area contributed by atoms with E-state index in [1.807, 2.05) is 39.0 Å². The first kappa shape index (κ1) is 36.3. The molecule has 1 saturated heterocycles. The minimum Gasteiger partial charge on any atom is -0.497 e. The van der Waals surface area contributed by atoms with Crippen LogP contribution in [-0.2, 0) is 20.7 Å². The number of nitriles is 1. The number of fused-ring (bicyclic) bond motifs is 1. The number of Topliss-reactive ketones (excluding diaryl/α,β-unsaturated/α-hetero) is 1. The summed E-state index contributed by atoms with van der Waals surface area (Å²) < 4.78 is 17.6. The van der Waals surface area contributed by atoms with E-state index in [1.54, 1.807) is 7.11 Å². The minimum absolute atomic E-state index is 0.0638. The number of rotatable bonds is 16. The molecule has 2 aromatic rings. The van der Waals surface area contributed by atoms with Crippen molar-refractivity contribution in [3.05, 3.63) is 23.9 Å². The topological polar surface area (TPSA) is 138 Å². The number of carbonyl (C=O) groups is 2. The van der Waals surface area contributed by atoms with E-state index in [9.17, 15) is 14.9 Å². The molecule has 0 bridgehead atoms. The Kier molecular flexibility index (Phi) is 11.7. The Morgan fingerprint density at radius 3 is 2.55 bits per heavy atom. The number of ketones is 1. The molecule has 10 nitrogen and oxygen atoms in total. The van der Waals surface area contributed by atoms with E-state index in [4.69, 9.17) is 29.6 Å². The number of nitrogens with one attached hydrogen (secondary N) is 1. The van der Waals surface area contributed by atoms with Gasteiger partial charge >= 0.3 is 5.97 Å². The fraction of sp³-hybridized carbons (Fsp3) is 0.676. The predicted molar refractivity (Wildman–Crippen MR) is 182 cm³/mol. The number of likely N-dealkylation sites (tertiary alicyclic amines) is 1. The Balaban J connectivity index is 1.54. The van der Waals surface area contributed by atoms with Crippen LogP contribution in [0.3, 0.4) is 0 Å². The Bertz CT molecular complexity index is 1480. The highest BCUT2D eigenvalue weighted by atomic mass is 16.6. The highest BCUT2D eigenvalue weighted by molar-refractivity contribution is 6.21. The maximum absolute atomic E-state index is 13.7. The fourth-order valence-corrected chi connectivity index (χ4v) is 6.64. The van der Waals surface area contributed by atoms with Crippen LogP contribution in [0.5, 0.6) is 11.6 Å². The van der Waals surface area contributed by atoms with Gasteiger partial charge in [0.1, 0.15) is 29.4 Å². The molecule has 2 heterocycles. The molecule has 10 heteroatoms. The largest absolute Gasteiger partial charge is 0.497 e. The van der Waals surface area contributed by atoms with Gasteiger partial charge in [0.05, 0.1) is 30.3 Å². The second-order valence-electron chi connectivity index (χ2n) is 15.1. The molecule has 1 saturated carbocycles. The van der Waals surface area contributed by atoms with Crippen molar-refractivity contribution in [2.24, 2.45) is 29.1 Å². The van der Waals surface area contributed by atoms with E-state index in [0.29, 0.717) is 41.9 Å². The van der Waals surface area contributed by atoms with Crippen molar-refractivity contribution in [1.29, 1.82) is 10.7 Å². The summed E-state index contributed by atoms with van der Waals surface area (Å²) in [5.74, 6) is 0.898. The van der Waals surface area contributed by atoms with Crippen LogP contribution in [0.2, 0.25) is 0 Å². The van der Waals surface area contributed by atoms with E-state index in [2.05, 4.69) is 38.7 Å². The van der Waals surface area contributed by atoms with Crippen LogP contribution in [-0.4, -0.2) is 70.8 Å². The number of aromatic nitrogens is 2. The van der Waals surface area contributed by atoms with E-state index in [-0.39, 0.29) is 35.6 Å². The van der Waals surface area contributed by atoms with Crippen molar-refractivity contribution in [3.8, 4) is 17.7 Å². The summed E-state index contributed by atoms with van der Waals surface area (Å²) in [6.07, 6.45) is 5.86. The van der Waals surface area contributed by atoms with Crippen LogP contribution in [0, 0.1) is 45.8 Å². The molecule has 6 atom stereocenters. The maximum Gasteiger partial charge on any atom is 0.349 e. The molecule has 1 N–H and O–H groups in total. The van der Waals surface area contributed by atoms with Gasteiger partial charge in [-0.3, -0.25) is 9.69 Å². The van der Waals surface area contributed by atoms with E-state index in [1.165, 1.54) is 0 Å². The Hall–Kier alpha value is -3.58. The van der Waals surface area contributed by atoms with Gasteiger partial charge in [-0.25, -0.2) is 14.8 Å². The lowest BCUT2D eigenvalue weighted by molar-refractivity contribution is -0.142. The Morgan fingerprint density at radius 1 is 1.17 bits per heavy atom. The SMILES string of the molecule is COc1ccc2nc(CCCCCC3CC3(C)OC(=O)C=N)c(OC3CN(CC(C)C(C)(C)C)C(C(=O)C(C)C)C3CC#N)nc2c1. The van der Waals surface area contributed by atoms with Crippen LogP contribution >= 0.6 is 0 Å². The van der Waals surface area contributed by atoms with Gasteiger partial charge in [-0.2, -0.15) is 5.26 Å². The lowest BCUT2D eigenvalue weighted by Gasteiger charge is -2.34. The minimum atomic E-state index is -0.582. The summed E-state index contributed by atoms with van der Waals surface area (Å²) in [7, 11) is 1.62. The molecule has 0 spiro atoms. The molecular weight excluding hydrogens is 594 g/mol. The monoisotopic (exact) mass is 647 g/mol. The number of methoxy groups -OCH3 is 1. The average molecular weight is 648 g/mol. The van der Waals surface area contributed by atoms with Crippen LogP contribution in [0.25, 0.3) is 11.0 Å². The van der Waals surface area contributed by atoms with Gasteiger partial charge in [0.25, 0.3) is 0 Å². The van der Waals surface area contributed by atoms with E-state index in [0.717, 1.165) is 56.1 Å². The molecule has 1 aromatic heterocycles. The number of hydrogen-bond acceptors (Lipinski definition) is 10. The molecule has 0 radical (unpaired) electrons. The van der Waals surface area contributed by atoms with Gasteiger partial charge < -0.3 is 19.6 Å². The summed E-state index contributed by atoms with van der Waals surface area (Å²) in [6.45, 7) is 15.9. The van der Waals surface area contributed by atoms with Gasteiger partial charge in [0, 0.05) is 43.3 Å². The quantitative estimate of drug-likeness (QED) is 0.122. The predicted octanol–water partition coefficient (Wildman–Crippen LogP) is 6.58. The molecule has 1 aromatic carbocycles. The van der Waals surface area contributed by atoms with Gasteiger partial charge in [-0.15, -0.1) is 0 Å². The van der Waals surface area contributed by atoms with Crippen molar-refractivity contribution in [2.45, 2.75) is 111 Å². The lowest BCUT2D eigenvalue weighted by Crippen LogP contribution is -2.45. The molecule has 0 amide bonds. The molecule has 4 rings (SSSR count). The molecular formula is C37H53N5O5. The van der Waals surface area contributed by atoms with E-state index >= 15 is 0 Å². The number of nitrogens with zero attached hydrogens (tertiary/aromatic N) is 4. The zero-order valence-corrected chi connectivity index (χ0v) is 29.5. The number of ether oxygens (including phenoxy) is 3. The second-order valence-corrected chi connectivity index (χ2v) is 15.1. The van der Waals surface area contributed by atoms with Crippen molar-refractivity contribution in [1.82, 2.24) is 14.9 Å². The van der Waals surface area contributed by atoms with Crippen LogP contribution in [0.15, 0.2) is 18.2 Å². The van der Waals surface area contributed by atoms with Crippen molar-refractivity contribution >= 4 is 29.0 Å². The maximum atomic E-state index is 13.7. The molecule has 1 aliphatic heterocycles. The van der Waals surface area contributed by atoms with Gasteiger partial charge in [0.2, 0.25) is 5.88 Å². The van der Waals surface area contributed by atoms with Gasteiger partial charge in [-0.1, -0.05) is 54.4 Å². The summed E-state index contributed by atoms with van der Waals surface area (Å²) in [6, 6.07) is 7.57. The second kappa shape index (κ2) is 15.1. The highest BCUT2D eigenvalue weighted by Gasteiger charge is 2.53. The van der Waals surface area contributed by atoms with Crippen molar-refractivity contribution in [3.63, 3.8) is 0 Å². The number of benzene rings is 1. The standard InChI is InChI=1S/C37H53N5O5/c1-23(2)34(44)33-27(16-17-38)31(22-42(33)21-24(3)36(4,5)6)46-35-29(40-28-15-14-26(45-8)18-30(28)41-35)13-11-9-10-12-25-19-37(25,7)47-32(43)20-39/h14-15,18,20,23-25,27,31,33,39H,9-13,16,19,21-22H2,1-8H3. The number of unbranched alkanes of at least 4 members (excludes halogenated alkanes) is 2. The molecule has 6 unspecified atom stereocenters. The zero-order valence-electron chi connectivity index (χ0n) is 29.5. The Morgan fingerprint density at radius 2 is 1.91 bits per heavy atom. The number of esters is 1. The third-order valence-electron chi connectivity index (χ3n) is 10.3. The van der Waals surface area contributed by atoms with Gasteiger partial charge in [-0.05, 0) is 56.1 Å². The lowest BCUT2D eigenvalue weighted by atomic mass is 9.81. The first-order chi connectivity index (χ1) is 22.2. The van der Waals surface area contributed by atoms with E-state index < -0.39 is 17.6 Å². The molecule has 47 heavy (non-hydrogen) atoms. The smallest absolute Gasteiger partial charge is 0.349 e. The molecule has 2 fully saturated rings. The summed E-state index contributed by atoms with van der Waals surface area (Å²) >= 11 is 0. The summed E-state index contributed by atoms with van der Waals surface area (Å²) in [5.41, 5.74) is 1.80. The van der Waals surface area contributed by atoms with Crippen molar-refractivity contribution in [2.75, 3.05) is 20.2 Å². The van der Waals surface area contributed by atoms with Crippen LogP contribution in [0.4, 0.5) is 0 Å². The Labute approximate surface area is 280 Å². The van der Waals surface area contributed by atoms with Crippen LogP contribution in [0.1, 0.15) is 92.7 Å². The van der Waals surface area contributed by atoms with Crippen molar-refractivity contribution < 1.29 is 23.8 Å². The number of hydrogen-bond donors (Lipinski definition) is 1. The molecule has 2 aliphatic rings. The first-order valence-corrected chi connectivity index (χ1v) is 17.1. The molecule has 1 aliphatic carbocycles. The third kappa shape index (κ3) is 8.86. The number of carbonyl (C=O) groups excluding carboxylic acids is 2. The normalized spacial score (nSPS) is 24.9. The van der Waals surface area contributed by atoms with Crippen LogP contribution < -0.4 is 9.47 Å². The molecule has 256 valence electrons. The highest BCUT2D eigenvalue weighted by Crippen LogP contribution is 2.49. The fourth-order valence-electron chi connectivity index (χ4n) is 6.64. The average Bonchev–Trinajstić information content (AvgIpc) is 3.54. The van der Waals surface area contributed by atoms with Gasteiger partial charge in [0.15, 0.2) is 5.78 Å². The summed E-state index contributed by atoms with van der Waals surface area (Å²) in [5, 5.41) is 17.0.